The molecule has 4 atom stereocenters. The molecule has 0 saturated carbocycles. The lowest BCUT2D eigenvalue weighted by atomic mass is 9.96. The predicted molar refractivity (Wildman–Crippen MR) is 64.1 cm³/mol. The molecule has 2 saturated heterocycles. The predicted octanol–water partition coefficient (Wildman–Crippen LogP) is -0.458. The average molecular weight is 256 g/mol. The molecule has 2 aliphatic rings. The Morgan fingerprint density at radius 1 is 1.39 bits per heavy atom. The molecule has 0 aromatic heterocycles. The van der Waals surface area contributed by atoms with Gasteiger partial charge < -0.3 is 20.1 Å². The number of nitrogens with one attached hydrogen (secondary N) is 1. The van der Waals surface area contributed by atoms with Gasteiger partial charge in [0.25, 0.3) is 0 Å². The molecule has 0 radical (unpaired) electrons. The zero-order valence-electron chi connectivity index (χ0n) is 10.8. The molecule has 2 N–H and O–H groups in total. The van der Waals surface area contributed by atoms with Gasteiger partial charge >= 0.3 is 5.97 Å². The van der Waals surface area contributed by atoms with Gasteiger partial charge in [-0.05, 0) is 12.5 Å². The number of ether oxygens (including phenoxy) is 1. The summed E-state index contributed by atoms with van der Waals surface area (Å²) in [6, 6.07) is -0.741. The Kier molecular flexibility index (Phi) is 3.87. The second kappa shape index (κ2) is 5.24. The summed E-state index contributed by atoms with van der Waals surface area (Å²) in [4.78, 5) is 25.1. The topological polar surface area (TPSA) is 78.9 Å². The van der Waals surface area contributed by atoms with Crippen molar-refractivity contribution in [1.82, 2.24) is 10.2 Å². The van der Waals surface area contributed by atoms with Crippen molar-refractivity contribution in [2.45, 2.75) is 25.5 Å². The van der Waals surface area contributed by atoms with Crippen LogP contribution in [0.4, 0.5) is 0 Å². The number of aliphatic carboxylic acids is 1. The maximum Gasteiger partial charge on any atom is 0.326 e. The van der Waals surface area contributed by atoms with Gasteiger partial charge in [0.2, 0.25) is 5.91 Å². The third-order valence-corrected chi connectivity index (χ3v) is 4.00. The fourth-order valence-corrected chi connectivity index (χ4v) is 2.80. The summed E-state index contributed by atoms with van der Waals surface area (Å²) in [7, 11) is 1.55. The SMILES string of the molecule is COC1CC(C(=O)O)N(C(=O)C2CNCC2C)C1. The lowest BCUT2D eigenvalue weighted by molar-refractivity contribution is -0.150. The fourth-order valence-electron chi connectivity index (χ4n) is 2.80. The molecule has 18 heavy (non-hydrogen) atoms. The number of hydrogen-bond acceptors (Lipinski definition) is 4. The standard InChI is InChI=1S/C12H20N2O4/c1-7-4-13-5-9(7)11(15)14-6-8(18-2)3-10(14)12(16)17/h7-10,13H,3-6H2,1-2H3,(H,16,17). The summed E-state index contributed by atoms with van der Waals surface area (Å²) < 4.78 is 5.19. The van der Waals surface area contributed by atoms with Crippen molar-refractivity contribution in [3.8, 4) is 0 Å². The zero-order chi connectivity index (χ0) is 13.3. The number of nitrogens with zero attached hydrogens (tertiary/aromatic N) is 1. The molecule has 2 heterocycles. The number of hydrogen-bond donors (Lipinski definition) is 2. The third-order valence-electron chi connectivity index (χ3n) is 4.00. The molecule has 0 aromatic carbocycles. The van der Waals surface area contributed by atoms with Gasteiger partial charge in [0.05, 0.1) is 12.0 Å². The summed E-state index contributed by atoms with van der Waals surface area (Å²) in [6.07, 6.45) is 0.214. The first-order valence-corrected chi connectivity index (χ1v) is 6.31. The van der Waals surface area contributed by atoms with Crippen molar-refractivity contribution in [3.05, 3.63) is 0 Å². The summed E-state index contributed by atoms with van der Waals surface area (Å²) in [5.74, 6) is -0.850. The number of carboxylic acid groups (broad SMARTS) is 1. The summed E-state index contributed by atoms with van der Waals surface area (Å²) in [5.41, 5.74) is 0. The molecule has 2 aliphatic heterocycles. The Morgan fingerprint density at radius 2 is 2.11 bits per heavy atom. The van der Waals surface area contributed by atoms with Crippen LogP contribution in [0.15, 0.2) is 0 Å². The quantitative estimate of drug-likeness (QED) is 0.714. The van der Waals surface area contributed by atoms with Crippen LogP contribution in [0.1, 0.15) is 13.3 Å². The molecule has 6 nitrogen and oxygen atoms in total. The first-order valence-electron chi connectivity index (χ1n) is 6.31. The molecule has 0 aliphatic carbocycles. The van der Waals surface area contributed by atoms with Crippen LogP contribution in [0.25, 0.3) is 0 Å². The van der Waals surface area contributed by atoms with Crippen molar-refractivity contribution < 1.29 is 19.4 Å². The largest absolute Gasteiger partial charge is 0.480 e. The number of carbonyl (C=O) groups is 2. The van der Waals surface area contributed by atoms with E-state index in [4.69, 9.17) is 4.74 Å². The van der Waals surface area contributed by atoms with E-state index < -0.39 is 12.0 Å². The third kappa shape index (κ3) is 2.35. The minimum absolute atomic E-state index is 0.0561. The maximum absolute atomic E-state index is 12.4. The number of carbonyl (C=O) groups excluding carboxylic acids is 1. The van der Waals surface area contributed by atoms with Gasteiger partial charge in [-0.3, -0.25) is 4.79 Å². The van der Waals surface area contributed by atoms with Crippen molar-refractivity contribution in [2.75, 3.05) is 26.7 Å². The van der Waals surface area contributed by atoms with Gasteiger partial charge in [-0.15, -0.1) is 0 Å². The number of likely N-dealkylation sites (tertiary alicyclic amines) is 1. The minimum Gasteiger partial charge on any atom is -0.480 e. The van der Waals surface area contributed by atoms with Crippen LogP contribution in [0.2, 0.25) is 0 Å². The summed E-state index contributed by atoms with van der Waals surface area (Å²) in [5, 5.41) is 12.4. The van der Waals surface area contributed by atoms with E-state index >= 15 is 0 Å². The monoisotopic (exact) mass is 256 g/mol. The van der Waals surface area contributed by atoms with Crippen LogP contribution in [-0.2, 0) is 14.3 Å². The van der Waals surface area contributed by atoms with Gasteiger partial charge in [-0.1, -0.05) is 6.92 Å². The molecule has 0 bridgehead atoms. The van der Waals surface area contributed by atoms with E-state index in [0.29, 0.717) is 19.5 Å². The van der Waals surface area contributed by atoms with Crippen LogP contribution >= 0.6 is 0 Å². The van der Waals surface area contributed by atoms with E-state index in [1.807, 2.05) is 6.92 Å². The average Bonchev–Trinajstić information content (AvgIpc) is 2.93. The lowest BCUT2D eigenvalue weighted by Crippen LogP contribution is -2.45. The minimum atomic E-state index is -0.943. The Morgan fingerprint density at radius 3 is 2.61 bits per heavy atom. The molecule has 2 fully saturated rings. The normalized spacial score (nSPS) is 36.0. The van der Waals surface area contributed by atoms with Crippen LogP contribution in [0, 0.1) is 11.8 Å². The Hall–Kier alpha value is -1.14. The van der Waals surface area contributed by atoms with Crippen LogP contribution < -0.4 is 5.32 Å². The summed E-state index contributed by atoms with van der Waals surface area (Å²) in [6.45, 7) is 3.86. The number of amides is 1. The van der Waals surface area contributed by atoms with E-state index in [2.05, 4.69) is 5.32 Å². The highest BCUT2D eigenvalue weighted by Gasteiger charge is 2.43. The van der Waals surface area contributed by atoms with E-state index in [0.717, 1.165) is 6.54 Å². The maximum atomic E-state index is 12.4. The number of methoxy groups -OCH3 is 1. The Labute approximate surface area is 106 Å². The van der Waals surface area contributed by atoms with Gasteiger partial charge in [-0.25, -0.2) is 4.79 Å². The van der Waals surface area contributed by atoms with Crippen LogP contribution in [0.3, 0.4) is 0 Å². The van der Waals surface area contributed by atoms with Crippen LogP contribution in [0.5, 0.6) is 0 Å². The van der Waals surface area contributed by atoms with Crippen molar-refractivity contribution >= 4 is 11.9 Å². The van der Waals surface area contributed by atoms with E-state index in [1.165, 1.54) is 4.90 Å². The molecule has 2 rings (SSSR count). The smallest absolute Gasteiger partial charge is 0.326 e. The molecular weight excluding hydrogens is 236 g/mol. The highest BCUT2D eigenvalue weighted by Crippen LogP contribution is 2.26. The molecule has 0 aromatic rings. The van der Waals surface area contributed by atoms with E-state index in [-0.39, 0.29) is 23.8 Å². The van der Waals surface area contributed by atoms with Gasteiger partial charge in [0.1, 0.15) is 6.04 Å². The highest BCUT2D eigenvalue weighted by atomic mass is 16.5. The zero-order valence-corrected chi connectivity index (χ0v) is 10.8. The second-order valence-corrected chi connectivity index (χ2v) is 5.18. The second-order valence-electron chi connectivity index (χ2n) is 5.18. The van der Waals surface area contributed by atoms with Gasteiger partial charge in [-0.2, -0.15) is 0 Å². The Balaban J connectivity index is 2.10. The molecular formula is C12H20N2O4. The first kappa shape index (κ1) is 13.3. The fraction of sp³-hybridized carbons (Fsp3) is 0.833. The van der Waals surface area contributed by atoms with Crippen molar-refractivity contribution in [1.29, 1.82) is 0 Å². The number of carboxylic acids is 1. The van der Waals surface area contributed by atoms with Crippen LogP contribution in [-0.4, -0.2) is 60.8 Å². The first-order chi connectivity index (χ1) is 8.54. The molecule has 6 heteroatoms. The van der Waals surface area contributed by atoms with Crippen molar-refractivity contribution in [2.24, 2.45) is 11.8 Å². The molecule has 0 spiro atoms. The van der Waals surface area contributed by atoms with Crippen molar-refractivity contribution in [3.63, 3.8) is 0 Å². The number of rotatable bonds is 3. The van der Waals surface area contributed by atoms with E-state index in [9.17, 15) is 14.7 Å². The van der Waals surface area contributed by atoms with Gasteiger partial charge in [0, 0.05) is 26.6 Å². The molecule has 102 valence electrons. The van der Waals surface area contributed by atoms with E-state index in [1.54, 1.807) is 7.11 Å². The highest BCUT2D eigenvalue weighted by molar-refractivity contribution is 5.86. The Bertz CT molecular complexity index is 347. The molecule has 4 unspecified atom stereocenters. The van der Waals surface area contributed by atoms with Gasteiger partial charge in [0.15, 0.2) is 0 Å². The summed E-state index contributed by atoms with van der Waals surface area (Å²) >= 11 is 0. The molecule has 1 amide bonds. The lowest BCUT2D eigenvalue weighted by Gasteiger charge is -2.26.